The maximum Gasteiger partial charge on any atom is 0.472 e. The second-order valence-corrected chi connectivity index (χ2v) is 6.02. The normalized spacial score (nSPS) is 15.4. The maximum absolute atomic E-state index is 12.7. The Hall–Kier alpha value is -0.910. The number of hydrogen-bond acceptors (Lipinski definition) is 4. The van der Waals surface area contributed by atoms with E-state index in [-0.39, 0.29) is 6.15 Å². The lowest BCUT2D eigenvalue weighted by atomic mass is 10.2. The minimum absolute atomic E-state index is 0. The van der Waals surface area contributed by atoms with E-state index in [0.717, 1.165) is 0 Å². The molecule has 0 aliphatic heterocycles. The molecule has 0 atom stereocenters. The highest BCUT2D eigenvalue weighted by Gasteiger charge is 2.74. The van der Waals surface area contributed by atoms with Gasteiger partial charge in [-0.25, -0.2) is 4.57 Å². The van der Waals surface area contributed by atoms with E-state index in [1.54, 1.807) is 0 Å². The van der Waals surface area contributed by atoms with Gasteiger partial charge in [0, 0.05) is 0 Å². The molecule has 0 fully saturated rings. The van der Waals surface area contributed by atoms with Gasteiger partial charge in [-0.15, -0.1) is 0 Å². The van der Waals surface area contributed by atoms with E-state index in [0.29, 0.717) is 0 Å². The summed E-state index contributed by atoms with van der Waals surface area (Å²) in [5, 5.41) is 0. The lowest BCUT2D eigenvalue weighted by Gasteiger charge is -2.29. The van der Waals surface area contributed by atoms with E-state index in [1.165, 1.54) is 0 Å². The Bertz CT molecular complexity index is 527. The van der Waals surface area contributed by atoms with Crippen LogP contribution in [0.4, 0.5) is 61.5 Å². The Morgan fingerprint density at radius 2 is 0.821 bits per heavy atom. The molecule has 0 aliphatic carbocycles. The molecule has 28 heavy (non-hydrogen) atoms. The zero-order valence-electron chi connectivity index (χ0n) is 12.5. The first kappa shape index (κ1) is 29.3. The van der Waals surface area contributed by atoms with Crippen LogP contribution in [-0.4, -0.2) is 54.1 Å². The van der Waals surface area contributed by atoms with Crippen LogP contribution >= 0.6 is 7.82 Å². The molecule has 0 aromatic carbocycles. The molecule has 0 unspecified atom stereocenters. The minimum Gasteiger partial charge on any atom is -0.344 e. The molecule has 0 aromatic heterocycles. The second kappa shape index (κ2) is 8.08. The lowest BCUT2D eigenvalue weighted by molar-refractivity contribution is -0.360. The summed E-state index contributed by atoms with van der Waals surface area (Å²) in [6.07, 6.45) is -13.8. The molecule has 0 saturated heterocycles. The molecule has 0 spiro atoms. The molecular formula is C8H8F14NO4P. The highest BCUT2D eigenvalue weighted by molar-refractivity contribution is 7.47. The molecule has 172 valence electrons. The summed E-state index contributed by atoms with van der Waals surface area (Å²) in [6.45, 7) is -6.59. The van der Waals surface area contributed by atoms with Gasteiger partial charge in [-0.2, -0.15) is 61.5 Å². The number of halogens is 14. The van der Waals surface area contributed by atoms with E-state index in [1.807, 2.05) is 0 Å². The first-order valence-corrected chi connectivity index (χ1v) is 7.17. The molecule has 5 nitrogen and oxygen atoms in total. The predicted octanol–water partition coefficient (Wildman–Crippen LogP) is 4.95. The summed E-state index contributed by atoms with van der Waals surface area (Å²) >= 11 is 0. The zero-order valence-corrected chi connectivity index (χ0v) is 13.4. The summed E-state index contributed by atoms with van der Waals surface area (Å²) in [6, 6.07) is 0. The van der Waals surface area contributed by atoms with Crippen LogP contribution in [-0.2, 0) is 13.6 Å². The van der Waals surface area contributed by atoms with Crippen LogP contribution < -0.4 is 6.15 Å². The largest absolute Gasteiger partial charge is 0.472 e. The van der Waals surface area contributed by atoms with Gasteiger partial charge in [-0.05, 0) is 0 Å². The minimum atomic E-state index is -6.90. The fourth-order valence-electron chi connectivity index (χ4n) is 0.959. The standard InChI is InChI=1S/C8H5F14O4P.H3N/c9-3(10,5(13,14)7(17,18)19)1-25-27(23,24)26-2-4(11,12)6(15,16)8(20,21)22;/h1-2H2,(H,23,24);1H3. The molecular weight excluding hydrogens is 471 g/mol. The van der Waals surface area contributed by atoms with Gasteiger partial charge >= 0.3 is 43.9 Å². The van der Waals surface area contributed by atoms with Crippen molar-refractivity contribution in [2.45, 2.75) is 36.0 Å². The van der Waals surface area contributed by atoms with E-state index in [4.69, 9.17) is 4.89 Å². The molecule has 20 heteroatoms. The average molecular weight is 479 g/mol. The van der Waals surface area contributed by atoms with Crippen molar-refractivity contribution in [3.8, 4) is 0 Å². The van der Waals surface area contributed by atoms with Gasteiger partial charge in [0.1, 0.15) is 13.2 Å². The summed E-state index contributed by atoms with van der Waals surface area (Å²) < 4.78 is 188. The fourth-order valence-corrected chi connectivity index (χ4v) is 1.68. The molecule has 0 bridgehead atoms. The van der Waals surface area contributed by atoms with Crippen LogP contribution in [0.25, 0.3) is 0 Å². The van der Waals surface area contributed by atoms with Gasteiger partial charge in [-0.1, -0.05) is 0 Å². The van der Waals surface area contributed by atoms with E-state index in [9.17, 15) is 66.0 Å². The Morgan fingerprint density at radius 3 is 1.00 bits per heavy atom. The van der Waals surface area contributed by atoms with Crippen molar-refractivity contribution in [2.24, 2.45) is 0 Å². The molecule has 0 heterocycles. The van der Waals surface area contributed by atoms with Crippen LogP contribution in [0.15, 0.2) is 0 Å². The van der Waals surface area contributed by atoms with Crippen molar-refractivity contribution in [2.75, 3.05) is 13.2 Å². The van der Waals surface area contributed by atoms with Crippen LogP contribution in [0.3, 0.4) is 0 Å². The van der Waals surface area contributed by atoms with Crippen molar-refractivity contribution in [1.29, 1.82) is 0 Å². The molecule has 0 saturated carbocycles. The molecule has 0 aliphatic rings. The Balaban J connectivity index is 0. The Kier molecular flexibility index (Phi) is 8.45. The summed E-state index contributed by atoms with van der Waals surface area (Å²) in [4.78, 5) is 8.57. The van der Waals surface area contributed by atoms with Crippen molar-refractivity contribution in [3.63, 3.8) is 0 Å². The third-order valence-electron chi connectivity index (χ3n) is 2.45. The molecule has 0 aromatic rings. The number of alkyl halides is 14. The van der Waals surface area contributed by atoms with Gasteiger partial charge in [0.25, 0.3) is 0 Å². The molecule has 0 rings (SSSR count). The van der Waals surface area contributed by atoms with Crippen LogP contribution in [0.1, 0.15) is 0 Å². The highest BCUT2D eigenvalue weighted by Crippen LogP contribution is 2.53. The van der Waals surface area contributed by atoms with E-state index in [2.05, 4.69) is 9.05 Å². The van der Waals surface area contributed by atoms with E-state index < -0.39 is 57.1 Å². The highest BCUT2D eigenvalue weighted by atomic mass is 31.2. The smallest absolute Gasteiger partial charge is 0.344 e. The maximum atomic E-state index is 12.7. The van der Waals surface area contributed by atoms with Crippen molar-refractivity contribution in [1.82, 2.24) is 6.15 Å². The number of phosphoric ester groups is 1. The quantitative estimate of drug-likeness (QED) is 0.380. The predicted molar refractivity (Wildman–Crippen MR) is 58.6 cm³/mol. The van der Waals surface area contributed by atoms with Crippen LogP contribution in [0, 0.1) is 0 Å². The van der Waals surface area contributed by atoms with Crippen molar-refractivity contribution < 1.29 is 80.0 Å². The number of rotatable bonds is 8. The summed E-state index contributed by atoms with van der Waals surface area (Å²) in [5.74, 6) is -26.3. The third-order valence-corrected chi connectivity index (χ3v) is 3.36. The van der Waals surface area contributed by atoms with Gasteiger partial charge in [-0.3, -0.25) is 9.05 Å². The summed E-state index contributed by atoms with van der Waals surface area (Å²) in [7, 11) is -6.49. The molecule has 0 amide bonds. The van der Waals surface area contributed by atoms with Crippen LogP contribution in [0.5, 0.6) is 0 Å². The van der Waals surface area contributed by atoms with Gasteiger partial charge < -0.3 is 11.0 Å². The third kappa shape index (κ3) is 6.04. The number of phosphoric acid groups is 1. The summed E-state index contributed by atoms with van der Waals surface area (Å²) in [5.41, 5.74) is 0. The average Bonchev–Trinajstić information content (AvgIpc) is 2.41. The Morgan fingerprint density at radius 1 is 0.607 bits per heavy atom. The molecule has 4 N–H and O–H groups in total. The fraction of sp³-hybridized carbons (Fsp3) is 1.00. The van der Waals surface area contributed by atoms with Gasteiger partial charge in [0.2, 0.25) is 0 Å². The van der Waals surface area contributed by atoms with Gasteiger partial charge in [0.15, 0.2) is 0 Å². The topological polar surface area (TPSA) is 90.8 Å². The Labute approximate surface area is 144 Å². The van der Waals surface area contributed by atoms with Crippen molar-refractivity contribution >= 4 is 7.82 Å². The first-order chi connectivity index (χ1) is 11.4. The zero-order chi connectivity index (χ0) is 22.3. The second-order valence-electron chi connectivity index (χ2n) is 4.57. The van der Waals surface area contributed by atoms with Crippen LogP contribution in [0.2, 0.25) is 0 Å². The first-order valence-electron chi connectivity index (χ1n) is 5.68. The number of hydrogen-bond donors (Lipinski definition) is 2. The van der Waals surface area contributed by atoms with E-state index >= 15 is 0 Å². The van der Waals surface area contributed by atoms with Crippen molar-refractivity contribution in [3.05, 3.63) is 0 Å². The monoisotopic (exact) mass is 479 g/mol. The molecule has 0 radical (unpaired) electrons. The lowest BCUT2D eigenvalue weighted by Crippen LogP contribution is -2.54. The SMILES string of the molecule is N.O=P(O)(OCC(F)(F)C(F)(F)C(F)(F)F)OCC(F)(F)C(F)(F)C(F)(F)F. The van der Waals surface area contributed by atoms with Gasteiger partial charge in [0.05, 0.1) is 0 Å².